The third-order valence-electron chi connectivity index (χ3n) is 6.51. The Labute approximate surface area is 187 Å². The van der Waals surface area contributed by atoms with Crippen LogP contribution in [0.2, 0.25) is 19.6 Å². The highest BCUT2D eigenvalue weighted by Gasteiger charge is 2.28. The van der Waals surface area contributed by atoms with Crippen LogP contribution in [0.3, 0.4) is 0 Å². The molecule has 0 aliphatic rings. The first-order valence-corrected chi connectivity index (χ1v) is 15.0. The van der Waals surface area contributed by atoms with E-state index in [1.165, 1.54) is 48.6 Å². The Bertz CT molecular complexity index is 1510. The number of benzene rings is 3. The predicted octanol–water partition coefficient (Wildman–Crippen LogP) is 7.00. The maximum Gasteiger partial charge on any atom is 0.214 e. The maximum atomic E-state index is 14.0. The van der Waals surface area contributed by atoms with Gasteiger partial charge in [-0.1, -0.05) is 37.8 Å². The van der Waals surface area contributed by atoms with E-state index in [1.54, 1.807) is 23.5 Å². The zero-order chi connectivity index (χ0) is 22.1. The van der Waals surface area contributed by atoms with Crippen LogP contribution >= 0.6 is 11.3 Å². The van der Waals surface area contributed by atoms with Crippen molar-refractivity contribution in [1.29, 1.82) is 0 Å². The minimum atomic E-state index is -1.58. The summed E-state index contributed by atoms with van der Waals surface area (Å²) in [6.07, 6.45) is 0. The van der Waals surface area contributed by atoms with Gasteiger partial charge in [-0.15, -0.1) is 11.3 Å². The lowest BCUT2D eigenvalue weighted by molar-refractivity contribution is -0.633. The molecule has 0 atom stereocenters. The normalized spacial score (nSPS) is 12.4. The maximum absolute atomic E-state index is 14.0. The SMILES string of the molecule is Cc1cc2c(sc3cc(F)ccc32)c(-c2cc([Si](C)(C)C)c3ccccc3[n+]2C)c1C. The van der Waals surface area contributed by atoms with Gasteiger partial charge in [0.2, 0.25) is 11.2 Å². The van der Waals surface area contributed by atoms with Crippen LogP contribution in [-0.4, -0.2) is 8.07 Å². The van der Waals surface area contributed by atoms with E-state index in [-0.39, 0.29) is 5.82 Å². The molecule has 4 heteroatoms. The summed E-state index contributed by atoms with van der Waals surface area (Å²) in [7, 11) is 0.591. The van der Waals surface area contributed by atoms with Crippen molar-refractivity contribution in [3.05, 3.63) is 71.5 Å². The molecule has 0 aliphatic heterocycles. The molecule has 2 heterocycles. The van der Waals surface area contributed by atoms with Crippen LogP contribution in [0.15, 0.2) is 54.6 Å². The molecular formula is C27H27FNSSi+. The largest absolute Gasteiger partial charge is 0.214 e. The van der Waals surface area contributed by atoms with Crippen LogP contribution in [-0.2, 0) is 7.05 Å². The molecular weight excluding hydrogens is 417 g/mol. The smallest absolute Gasteiger partial charge is 0.207 e. The van der Waals surface area contributed by atoms with E-state index in [0.29, 0.717) is 0 Å². The molecule has 1 nitrogen and oxygen atoms in total. The number of fused-ring (bicyclic) bond motifs is 4. The Morgan fingerprint density at radius 1 is 0.871 bits per heavy atom. The number of aromatic nitrogens is 1. The molecule has 0 bridgehead atoms. The van der Waals surface area contributed by atoms with E-state index in [1.807, 2.05) is 6.07 Å². The van der Waals surface area contributed by atoms with Crippen molar-refractivity contribution in [2.45, 2.75) is 33.5 Å². The van der Waals surface area contributed by atoms with Crippen LogP contribution < -0.4 is 9.75 Å². The van der Waals surface area contributed by atoms with Gasteiger partial charge in [-0.2, -0.15) is 4.57 Å². The van der Waals surface area contributed by atoms with Gasteiger partial charge in [0.15, 0.2) is 0 Å². The summed E-state index contributed by atoms with van der Waals surface area (Å²) in [5.74, 6) is -0.175. The number of rotatable bonds is 2. The molecule has 0 saturated carbocycles. The number of nitrogens with zero attached hydrogens (tertiary/aromatic N) is 1. The standard InChI is InChI=1S/C27H27FNSSi/c1-16-13-21-19-12-11-18(28)14-24(19)30-27(21)26(17(16)2)23-15-25(31(4,5)6)20-9-7-8-10-22(20)29(23)3/h7-15H,1-6H3/q+1. The topological polar surface area (TPSA) is 3.88 Å². The first-order valence-electron chi connectivity index (χ1n) is 10.7. The van der Waals surface area contributed by atoms with E-state index in [4.69, 9.17) is 0 Å². The molecule has 0 saturated heterocycles. The molecule has 0 spiro atoms. The molecule has 3 aromatic carbocycles. The van der Waals surface area contributed by atoms with Gasteiger partial charge in [0.1, 0.15) is 12.9 Å². The van der Waals surface area contributed by atoms with Gasteiger partial charge < -0.3 is 0 Å². The van der Waals surface area contributed by atoms with Gasteiger partial charge >= 0.3 is 0 Å². The molecule has 0 aliphatic carbocycles. The summed E-state index contributed by atoms with van der Waals surface area (Å²) >= 11 is 1.71. The molecule has 5 aromatic rings. The summed E-state index contributed by atoms with van der Waals surface area (Å²) in [5.41, 5.74) is 6.36. The van der Waals surface area contributed by atoms with Gasteiger partial charge in [-0.3, -0.25) is 0 Å². The average Bonchev–Trinajstić information content (AvgIpc) is 3.06. The quantitative estimate of drug-likeness (QED) is 0.204. The fourth-order valence-corrected chi connectivity index (χ4v) is 7.62. The Kier molecular flexibility index (Phi) is 4.58. The summed E-state index contributed by atoms with van der Waals surface area (Å²) in [5, 5.41) is 5.20. The van der Waals surface area contributed by atoms with Gasteiger partial charge in [0, 0.05) is 37.7 Å². The zero-order valence-electron chi connectivity index (χ0n) is 18.9. The minimum absolute atomic E-state index is 0.175. The van der Waals surface area contributed by atoms with Crippen molar-refractivity contribution >= 4 is 55.7 Å². The highest BCUT2D eigenvalue weighted by atomic mass is 32.1. The monoisotopic (exact) mass is 444 g/mol. The highest BCUT2D eigenvalue weighted by Crippen LogP contribution is 2.42. The van der Waals surface area contributed by atoms with Crippen molar-refractivity contribution < 1.29 is 8.96 Å². The van der Waals surface area contributed by atoms with E-state index in [9.17, 15) is 4.39 Å². The second-order valence-corrected chi connectivity index (χ2v) is 15.7. The van der Waals surface area contributed by atoms with Crippen LogP contribution in [0.25, 0.3) is 42.3 Å². The third kappa shape index (κ3) is 3.12. The summed E-state index contributed by atoms with van der Waals surface area (Å²) in [4.78, 5) is 0. The van der Waals surface area contributed by atoms with Gasteiger partial charge in [-0.25, -0.2) is 4.39 Å². The second kappa shape index (κ2) is 6.97. The van der Waals surface area contributed by atoms with Crippen molar-refractivity contribution in [3.8, 4) is 11.3 Å². The third-order valence-corrected chi connectivity index (χ3v) is 9.72. The minimum Gasteiger partial charge on any atom is -0.207 e. The average molecular weight is 445 g/mol. The highest BCUT2D eigenvalue weighted by molar-refractivity contribution is 7.26. The first-order chi connectivity index (χ1) is 14.7. The fraction of sp³-hybridized carbons (Fsp3) is 0.222. The van der Waals surface area contributed by atoms with Crippen LogP contribution in [0.1, 0.15) is 11.1 Å². The van der Waals surface area contributed by atoms with Crippen LogP contribution in [0.4, 0.5) is 4.39 Å². The zero-order valence-corrected chi connectivity index (χ0v) is 20.7. The number of halogens is 1. The van der Waals surface area contributed by atoms with E-state index in [2.05, 4.69) is 81.5 Å². The lowest BCUT2D eigenvalue weighted by Crippen LogP contribution is -2.43. The molecule has 0 N–H and O–H groups in total. The van der Waals surface area contributed by atoms with Crippen molar-refractivity contribution in [2.75, 3.05) is 0 Å². The molecule has 0 fully saturated rings. The van der Waals surface area contributed by atoms with Gasteiger partial charge in [0.25, 0.3) is 0 Å². The second-order valence-electron chi connectivity index (χ2n) is 9.58. The fourth-order valence-electron chi connectivity index (χ4n) is 4.72. The molecule has 0 radical (unpaired) electrons. The molecule has 156 valence electrons. The van der Waals surface area contributed by atoms with Crippen molar-refractivity contribution in [3.63, 3.8) is 0 Å². The summed E-state index contributed by atoms with van der Waals surface area (Å²) in [6, 6.07) is 18.6. The van der Waals surface area contributed by atoms with E-state index < -0.39 is 8.07 Å². The predicted molar refractivity (Wildman–Crippen MR) is 136 cm³/mol. The number of pyridine rings is 1. The van der Waals surface area contributed by atoms with Gasteiger partial charge in [-0.05, 0) is 54.4 Å². The number of aryl methyl sites for hydroxylation is 2. The van der Waals surface area contributed by atoms with E-state index >= 15 is 0 Å². The van der Waals surface area contributed by atoms with Crippen LogP contribution in [0.5, 0.6) is 0 Å². The summed E-state index contributed by atoms with van der Waals surface area (Å²) < 4.78 is 18.6. The lowest BCUT2D eigenvalue weighted by Gasteiger charge is -2.20. The number of thiophene rings is 1. The van der Waals surface area contributed by atoms with Gasteiger partial charge in [0.05, 0.1) is 13.6 Å². The molecule has 0 amide bonds. The van der Waals surface area contributed by atoms with Crippen molar-refractivity contribution in [1.82, 2.24) is 0 Å². The molecule has 5 rings (SSSR count). The van der Waals surface area contributed by atoms with Crippen molar-refractivity contribution in [2.24, 2.45) is 7.05 Å². The Morgan fingerprint density at radius 3 is 2.35 bits per heavy atom. The molecule has 31 heavy (non-hydrogen) atoms. The Morgan fingerprint density at radius 2 is 1.61 bits per heavy atom. The molecule has 0 unspecified atom stereocenters. The number of para-hydroxylation sites is 1. The number of hydrogen-bond acceptors (Lipinski definition) is 1. The van der Waals surface area contributed by atoms with E-state index in [0.717, 1.165) is 10.1 Å². The summed E-state index contributed by atoms with van der Waals surface area (Å²) in [6.45, 7) is 11.7. The molecule has 2 aromatic heterocycles. The van der Waals surface area contributed by atoms with Crippen LogP contribution in [0, 0.1) is 19.7 Å². The Hall–Kier alpha value is -2.56. The number of hydrogen-bond donors (Lipinski definition) is 0. The first kappa shape index (κ1) is 20.3. The lowest BCUT2D eigenvalue weighted by atomic mass is 9.96. The Balaban J connectivity index is 1.97.